The molecule has 10 heavy (non-hydrogen) atoms. The molecule has 0 aliphatic heterocycles. The molecule has 3 heteroatoms. The predicted octanol–water partition coefficient (Wildman–Crippen LogP) is 0.875. The third-order valence-electron chi connectivity index (χ3n) is 1.24. The van der Waals surface area contributed by atoms with Gasteiger partial charge in [0.15, 0.2) is 5.78 Å². The molecular weight excluding hydrogens is 128 g/mol. The molecule has 0 bridgehead atoms. The molecule has 0 rings (SSSR count). The first-order valence-corrected chi connectivity index (χ1v) is 2.96. The van der Waals surface area contributed by atoms with E-state index in [1.54, 1.807) is 12.1 Å². The van der Waals surface area contributed by atoms with E-state index < -0.39 is 11.8 Å². The molecule has 0 N–H and O–H groups in total. The SMILES string of the molecule is CC(C#N)C(=O)C(C)C#N. The van der Waals surface area contributed by atoms with Gasteiger partial charge < -0.3 is 0 Å². The van der Waals surface area contributed by atoms with Crippen molar-refractivity contribution in [2.45, 2.75) is 13.8 Å². The number of nitrogens with zero attached hydrogens (tertiary/aromatic N) is 2. The quantitative estimate of drug-likeness (QED) is 0.565. The van der Waals surface area contributed by atoms with Gasteiger partial charge in [-0.15, -0.1) is 0 Å². The summed E-state index contributed by atoms with van der Waals surface area (Å²) in [6.07, 6.45) is 0. The topological polar surface area (TPSA) is 64.7 Å². The number of Topliss-reactive ketones (excluding diaryl/α,β-unsaturated/α-hetero) is 1. The van der Waals surface area contributed by atoms with Gasteiger partial charge in [0.05, 0.1) is 12.1 Å². The summed E-state index contributed by atoms with van der Waals surface area (Å²) in [6.45, 7) is 2.99. The van der Waals surface area contributed by atoms with Crippen LogP contribution in [0.4, 0.5) is 0 Å². The third-order valence-corrected chi connectivity index (χ3v) is 1.24. The Labute approximate surface area is 59.9 Å². The Bertz CT molecular complexity index is 187. The van der Waals surface area contributed by atoms with Crippen LogP contribution in [0.25, 0.3) is 0 Å². The average Bonchev–Trinajstić information content (AvgIpc) is 2.00. The van der Waals surface area contributed by atoms with Crippen LogP contribution in [-0.4, -0.2) is 5.78 Å². The van der Waals surface area contributed by atoms with Crippen molar-refractivity contribution in [2.75, 3.05) is 0 Å². The van der Waals surface area contributed by atoms with Gasteiger partial charge in [0.1, 0.15) is 11.8 Å². The Morgan fingerprint density at radius 2 is 1.50 bits per heavy atom. The second kappa shape index (κ2) is 3.63. The number of hydrogen-bond donors (Lipinski definition) is 0. The van der Waals surface area contributed by atoms with Crippen molar-refractivity contribution in [1.82, 2.24) is 0 Å². The van der Waals surface area contributed by atoms with Gasteiger partial charge in [0.25, 0.3) is 0 Å². The van der Waals surface area contributed by atoms with Crippen LogP contribution in [0.2, 0.25) is 0 Å². The molecule has 0 heterocycles. The van der Waals surface area contributed by atoms with E-state index in [2.05, 4.69) is 0 Å². The second-order valence-corrected chi connectivity index (χ2v) is 2.10. The highest BCUT2D eigenvalue weighted by Crippen LogP contribution is 2.03. The van der Waals surface area contributed by atoms with E-state index in [0.717, 1.165) is 0 Å². The van der Waals surface area contributed by atoms with Crippen molar-refractivity contribution in [3.05, 3.63) is 0 Å². The van der Waals surface area contributed by atoms with Crippen LogP contribution in [0, 0.1) is 34.5 Å². The van der Waals surface area contributed by atoms with Crippen LogP contribution in [0.3, 0.4) is 0 Å². The largest absolute Gasteiger partial charge is 0.297 e. The molecule has 0 fully saturated rings. The maximum Gasteiger partial charge on any atom is 0.166 e. The zero-order valence-electron chi connectivity index (χ0n) is 5.96. The Hall–Kier alpha value is -1.35. The molecule has 0 aromatic heterocycles. The molecular formula is C7H8N2O. The summed E-state index contributed by atoms with van der Waals surface area (Å²) in [7, 11) is 0. The van der Waals surface area contributed by atoms with Crippen molar-refractivity contribution in [3.63, 3.8) is 0 Å². The molecule has 3 nitrogen and oxygen atoms in total. The van der Waals surface area contributed by atoms with Crippen molar-refractivity contribution >= 4 is 5.78 Å². The monoisotopic (exact) mass is 136 g/mol. The third kappa shape index (κ3) is 1.87. The molecule has 0 aliphatic carbocycles. The molecule has 2 unspecified atom stereocenters. The van der Waals surface area contributed by atoms with Gasteiger partial charge in [0.2, 0.25) is 0 Å². The molecule has 0 aliphatic rings. The number of rotatable bonds is 2. The van der Waals surface area contributed by atoms with Gasteiger partial charge >= 0.3 is 0 Å². The fourth-order valence-electron chi connectivity index (χ4n) is 0.502. The van der Waals surface area contributed by atoms with Crippen LogP contribution in [0.15, 0.2) is 0 Å². The van der Waals surface area contributed by atoms with Crippen LogP contribution in [0.5, 0.6) is 0 Å². The average molecular weight is 136 g/mol. The first-order valence-electron chi connectivity index (χ1n) is 2.96. The summed E-state index contributed by atoms with van der Waals surface area (Å²) >= 11 is 0. The summed E-state index contributed by atoms with van der Waals surface area (Å²) in [5.41, 5.74) is 0. The number of carbonyl (C=O) groups is 1. The normalized spacial score (nSPS) is 14.4. The van der Waals surface area contributed by atoms with Gasteiger partial charge in [-0.1, -0.05) is 0 Å². The highest BCUT2D eigenvalue weighted by molar-refractivity contribution is 5.86. The van der Waals surface area contributed by atoms with E-state index in [1.165, 1.54) is 13.8 Å². The van der Waals surface area contributed by atoms with E-state index in [4.69, 9.17) is 10.5 Å². The van der Waals surface area contributed by atoms with E-state index in [0.29, 0.717) is 0 Å². The zero-order valence-corrected chi connectivity index (χ0v) is 5.96. The lowest BCUT2D eigenvalue weighted by Crippen LogP contribution is -2.16. The maximum absolute atomic E-state index is 10.9. The lowest BCUT2D eigenvalue weighted by Gasteiger charge is -2.00. The second-order valence-electron chi connectivity index (χ2n) is 2.10. The van der Waals surface area contributed by atoms with E-state index in [-0.39, 0.29) is 5.78 Å². The van der Waals surface area contributed by atoms with Gasteiger partial charge in [-0.3, -0.25) is 4.79 Å². The Morgan fingerprint density at radius 1 is 1.20 bits per heavy atom. The standard InChI is InChI=1S/C7H8N2O/c1-5(3-8)7(10)6(2)4-9/h5-6H,1-2H3. The summed E-state index contributed by atoms with van der Waals surface area (Å²) < 4.78 is 0. The number of ketones is 1. The van der Waals surface area contributed by atoms with Crippen LogP contribution >= 0.6 is 0 Å². The summed E-state index contributed by atoms with van der Waals surface area (Å²) in [6, 6.07) is 3.56. The molecule has 0 saturated carbocycles. The maximum atomic E-state index is 10.9. The molecule has 52 valence electrons. The van der Waals surface area contributed by atoms with Crippen molar-refractivity contribution in [3.8, 4) is 12.1 Å². The predicted molar refractivity (Wildman–Crippen MR) is 34.6 cm³/mol. The number of nitriles is 2. The molecule has 0 aromatic rings. The van der Waals surface area contributed by atoms with Crippen molar-refractivity contribution < 1.29 is 4.79 Å². The first kappa shape index (κ1) is 8.65. The Balaban J connectivity index is 4.15. The van der Waals surface area contributed by atoms with E-state index in [9.17, 15) is 4.79 Å². The van der Waals surface area contributed by atoms with E-state index in [1.807, 2.05) is 0 Å². The minimum absolute atomic E-state index is 0.301. The highest BCUT2D eigenvalue weighted by atomic mass is 16.1. The Kier molecular flexibility index (Phi) is 3.14. The van der Waals surface area contributed by atoms with Gasteiger partial charge in [-0.05, 0) is 13.8 Å². The number of hydrogen-bond acceptors (Lipinski definition) is 3. The van der Waals surface area contributed by atoms with Crippen LogP contribution in [0.1, 0.15) is 13.8 Å². The molecule has 0 amide bonds. The first-order chi connectivity index (χ1) is 4.63. The molecule has 0 saturated heterocycles. The fourth-order valence-corrected chi connectivity index (χ4v) is 0.502. The van der Waals surface area contributed by atoms with Crippen molar-refractivity contribution in [2.24, 2.45) is 11.8 Å². The summed E-state index contributed by atoms with van der Waals surface area (Å²) in [5.74, 6) is -1.62. The highest BCUT2D eigenvalue weighted by Gasteiger charge is 2.18. The summed E-state index contributed by atoms with van der Waals surface area (Å²) in [4.78, 5) is 10.9. The van der Waals surface area contributed by atoms with E-state index >= 15 is 0 Å². The number of carbonyl (C=O) groups excluding carboxylic acids is 1. The van der Waals surface area contributed by atoms with Gasteiger partial charge in [0, 0.05) is 0 Å². The minimum Gasteiger partial charge on any atom is -0.297 e. The van der Waals surface area contributed by atoms with Crippen LogP contribution < -0.4 is 0 Å². The Morgan fingerprint density at radius 3 is 1.70 bits per heavy atom. The lowest BCUT2D eigenvalue weighted by molar-refractivity contribution is -0.122. The molecule has 0 radical (unpaired) electrons. The zero-order chi connectivity index (χ0) is 8.15. The van der Waals surface area contributed by atoms with Crippen LogP contribution in [-0.2, 0) is 4.79 Å². The lowest BCUT2D eigenvalue weighted by atomic mass is 9.98. The van der Waals surface area contributed by atoms with Gasteiger partial charge in [-0.25, -0.2) is 0 Å². The fraction of sp³-hybridized carbons (Fsp3) is 0.571. The smallest absolute Gasteiger partial charge is 0.166 e. The molecule has 0 spiro atoms. The summed E-state index contributed by atoms with van der Waals surface area (Å²) in [5, 5.41) is 16.5. The molecule has 2 atom stereocenters. The van der Waals surface area contributed by atoms with Gasteiger partial charge in [-0.2, -0.15) is 10.5 Å². The minimum atomic E-state index is -0.658. The van der Waals surface area contributed by atoms with Crippen molar-refractivity contribution in [1.29, 1.82) is 10.5 Å². The molecule has 0 aromatic carbocycles.